The number of aromatic nitrogens is 2. The number of aryl methyl sites for hydroxylation is 1. The van der Waals surface area contributed by atoms with Crippen LogP contribution in [0.3, 0.4) is 0 Å². The fourth-order valence-corrected chi connectivity index (χ4v) is 6.97. The van der Waals surface area contributed by atoms with Gasteiger partial charge in [0.1, 0.15) is 28.6 Å². The summed E-state index contributed by atoms with van der Waals surface area (Å²) in [4.78, 5) is 25.8. The average Bonchev–Trinajstić information content (AvgIpc) is 3.54. The van der Waals surface area contributed by atoms with Gasteiger partial charge in [-0.2, -0.15) is 0 Å². The normalized spacial score (nSPS) is 20.4. The maximum Gasteiger partial charge on any atom is 0.410 e. The molecule has 1 amide bonds. The van der Waals surface area contributed by atoms with Gasteiger partial charge in [-0.3, -0.25) is 0 Å². The average molecular weight is 598 g/mol. The number of thiophene rings is 1. The number of fused-ring (bicyclic) bond motifs is 3. The van der Waals surface area contributed by atoms with Gasteiger partial charge in [-0.1, -0.05) is 12.1 Å². The molecule has 0 aliphatic heterocycles. The Hall–Kier alpha value is -2.95. The van der Waals surface area contributed by atoms with E-state index in [2.05, 4.69) is 9.97 Å². The van der Waals surface area contributed by atoms with Gasteiger partial charge >= 0.3 is 6.09 Å². The third-order valence-corrected chi connectivity index (χ3v) is 9.14. The zero-order valence-electron chi connectivity index (χ0n) is 25.4. The minimum Gasteiger partial charge on any atom is -0.497 e. The first-order chi connectivity index (χ1) is 20.2. The second-order valence-electron chi connectivity index (χ2n) is 12.1. The first-order valence-electron chi connectivity index (χ1n) is 14.9. The summed E-state index contributed by atoms with van der Waals surface area (Å²) in [5, 5.41) is 1.05. The number of hydrogen-bond donors (Lipinski definition) is 0. The highest BCUT2D eigenvalue weighted by atomic mass is 32.1. The molecule has 0 unspecified atom stereocenters. The molecule has 0 saturated heterocycles. The van der Waals surface area contributed by atoms with Crippen LogP contribution in [-0.4, -0.2) is 72.7 Å². The van der Waals surface area contributed by atoms with E-state index in [1.807, 2.05) is 52.1 Å². The second-order valence-corrected chi connectivity index (χ2v) is 13.2. The first-order valence-corrected chi connectivity index (χ1v) is 15.7. The summed E-state index contributed by atoms with van der Waals surface area (Å²) in [5.74, 6) is 1.81. The summed E-state index contributed by atoms with van der Waals surface area (Å²) in [6.45, 7) is 7.95. The van der Waals surface area contributed by atoms with Crippen LogP contribution in [0.2, 0.25) is 0 Å². The van der Waals surface area contributed by atoms with Crippen molar-refractivity contribution in [3.63, 3.8) is 0 Å². The molecule has 228 valence electrons. The van der Waals surface area contributed by atoms with Crippen LogP contribution >= 0.6 is 11.3 Å². The molecule has 2 heterocycles. The van der Waals surface area contributed by atoms with Crippen LogP contribution in [0.25, 0.3) is 10.2 Å². The van der Waals surface area contributed by atoms with Crippen molar-refractivity contribution in [3.8, 4) is 11.6 Å². The zero-order chi connectivity index (χ0) is 29.7. The molecule has 3 aromatic rings. The number of rotatable bonds is 11. The summed E-state index contributed by atoms with van der Waals surface area (Å²) in [7, 11) is 3.50. The van der Waals surface area contributed by atoms with Crippen LogP contribution in [0.15, 0.2) is 30.6 Å². The van der Waals surface area contributed by atoms with Crippen molar-refractivity contribution in [3.05, 3.63) is 46.6 Å². The van der Waals surface area contributed by atoms with E-state index in [0.717, 1.165) is 60.1 Å². The lowest BCUT2D eigenvalue weighted by atomic mass is 9.92. The molecule has 5 rings (SSSR count). The Bertz CT molecular complexity index is 1330. The highest BCUT2D eigenvalue weighted by molar-refractivity contribution is 7.19. The number of carbonyl (C=O) groups excluding carboxylic acids is 1. The molecule has 0 N–H and O–H groups in total. The Kier molecular flexibility index (Phi) is 9.85. The molecule has 2 aromatic heterocycles. The lowest BCUT2D eigenvalue weighted by Gasteiger charge is -2.35. The highest BCUT2D eigenvalue weighted by Crippen LogP contribution is 2.46. The van der Waals surface area contributed by atoms with Gasteiger partial charge in [-0.25, -0.2) is 14.8 Å². The van der Waals surface area contributed by atoms with E-state index in [4.69, 9.17) is 23.7 Å². The number of ether oxygens (including phenoxy) is 5. The van der Waals surface area contributed by atoms with Gasteiger partial charge in [0, 0.05) is 23.9 Å². The molecule has 0 radical (unpaired) electrons. The smallest absolute Gasteiger partial charge is 0.410 e. The third kappa shape index (κ3) is 7.51. The van der Waals surface area contributed by atoms with E-state index < -0.39 is 5.60 Å². The highest BCUT2D eigenvalue weighted by Gasteiger charge is 2.33. The van der Waals surface area contributed by atoms with E-state index in [1.165, 1.54) is 10.4 Å². The molecule has 1 aromatic carbocycles. The standard InChI is InChI=1S/C32H43N3O6S/c1-32(2,3)41-31(36)35(4)23-9-13-25(14-10-23)40-29-28-27-22(8-15-26(27)42-30(28)34-20-33-29)19-39-17-16-38-18-21-6-11-24(37-5)12-7-21/h6-7,11-12,20,22-23,25H,8-10,13-19H2,1-5H3/t22-,23?,25?/m1/s1. The number of methoxy groups -OCH3 is 1. The Morgan fingerprint density at radius 1 is 1.02 bits per heavy atom. The molecule has 2 aliphatic rings. The first kappa shape index (κ1) is 30.5. The predicted octanol–water partition coefficient (Wildman–Crippen LogP) is 6.52. The zero-order valence-corrected chi connectivity index (χ0v) is 26.2. The number of amides is 1. The molecular formula is C32H43N3O6S. The van der Waals surface area contributed by atoms with Crippen molar-refractivity contribution in [2.75, 3.05) is 34.0 Å². The maximum atomic E-state index is 12.5. The lowest BCUT2D eigenvalue weighted by Crippen LogP contribution is -2.43. The SMILES string of the molecule is COc1ccc(COCCOC[C@H]2CCc3sc4ncnc(OC5CCC(N(C)C(=O)OC(C)(C)C)CC5)c4c32)cc1. The molecule has 10 heteroatoms. The van der Waals surface area contributed by atoms with Crippen molar-refractivity contribution in [1.29, 1.82) is 0 Å². The number of hydrogen-bond acceptors (Lipinski definition) is 9. The molecule has 0 bridgehead atoms. The van der Waals surface area contributed by atoms with Crippen LogP contribution in [0.1, 0.15) is 74.8 Å². The minimum atomic E-state index is -0.501. The van der Waals surface area contributed by atoms with Gasteiger partial charge in [-0.15, -0.1) is 11.3 Å². The Balaban J connectivity index is 1.13. The van der Waals surface area contributed by atoms with Crippen LogP contribution in [0.4, 0.5) is 4.79 Å². The van der Waals surface area contributed by atoms with Gasteiger partial charge in [0.25, 0.3) is 0 Å². The Morgan fingerprint density at radius 3 is 2.48 bits per heavy atom. The van der Waals surface area contributed by atoms with Gasteiger partial charge < -0.3 is 28.6 Å². The van der Waals surface area contributed by atoms with Crippen LogP contribution in [0.5, 0.6) is 11.6 Å². The summed E-state index contributed by atoms with van der Waals surface area (Å²) in [5.41, 5.74) is 1.90. The van der Waals surface area contributed by atoms with Crippen molar-refractivity contribution in [2.45, 2.75) is 89.6 Å². The second kappa shape index (κ2) is 13.6. The van der Waals surface area contributed by atoms with Gasteiger partial charge in [0.05, 0.1) is 38.9 Å². The van der Waals surface area contributed by atoms with E-state index in [9.17, 15) is 4.79 Å². The summed E-state index contributed by atoms with van der Waals surface area (Å²) < 4.78 is 29.2. The van der Waals surface area contributed by atoms with E-state index >= 15 is 0 Å². The summed E-state index contributed by atoms with van der Waals surface area (Å²) >= 11 is 1.75. The summed E-state index contributed by atoms with van der Waals surface area (Å²) in [6, 6.07) is 8.05. The van der Waals surface area contributed by atoms with Crippen molar-refractivity contribution in [1.82, 2.24) is 14.9 Å². The van der Waals surface area contributed by atoms with E-state index in [1.54, 1.807) is 29.7 Å². The van der Waals surface area contributed by atoms with E-state index in [0.29, 0.717) is 38.2 Å². The topological polar surface area (TPSA) is 92.2 Å². The molecule has 0 spiro atoms. The largest absolute Gasteiger partial charge is 0.497 e. The van der Waals surface area contributed by atoms with E-state index in [-0.39, 0.29) is 18.2 Å². The van der Waals surface area contributed by atoms with Crippen molar-refractivity contribution in [2.24, 2.45) is 0 Å². The number of nitrogens with zero attached hydrogens (tertiary/aromatic N) is 3. The number of carbonyl (C=O) groups is 1. The fourth-order valence-electron chi connectivity index (χ4n) is 5.74. The van der Waals surface area contributed by atoms with Crippen LogP contribution < -0.4 is 9.47 Å². The molecule has 1 atom stereocenters. The fraction of sp³-hybridized carbons (Fsp3) is 0.594. The molecule has 9 nitrogen and oxygen atoms in total. The van der Waals surface area contributed by atoms with Crippen LogP contribution in [0, 0.1) is 0 Å². The molecular weight excluding hydrogens is 554 g/mol. The lowest BCUT2D eigenvalue weighted by molar-refractivity contribution is 0.0137. The molecule has 1 saturated carbocycles. The quantitative estimate of drug-likeness (QED) is 0.231. The van der Waals surface area contributed by atoms with Gasteiger partial charge in [0.15, 0.2) is 0 Å². The minimum absolute atomic E-state index is 0.0564. The Morgan fingerprint density at radius 2 is 1.76 bits per heavy atom. The molecule has 1 fully saturated rings. The summed E-state index contributed by atoms with van der Waals surface area (Å²) in [6.07, 6.45) is 6.94. The van der Waals surface area contributed by atoms with Crippen molar-refractivity contribution >= 4 is 27.6 Å². The molecule has 2 aliphatic carbocycles. The monoisotopic (exact) mass is 597 g/mol. The van der Waals surface area contributed by atoms with Gasteiger partial charge in [-0.05, 0) is 82.6 Å². The number of benzene rings is 1. The maximum absolute atomic E-state index is 12.5. The van der Waals surface area contributed by atoms with Gasteiger partial charge in [0.2, 0.25) is 5.88 Å². The predicted molar refractivity (Wildman–Crippen MR) is 163 cm³/mol. The third-order valence-electron chi connectivity index (χ3n) is 7.97. The van der Waals surface area contributed by atoms with Crippen molar-refractivity contribution < 1.29 is 28.5 Å². The molecule has 42 heavy (non-hydrogen) atoms. The Labute approximate surface area is 252 Å². The van der Waals surface area contributed by atoms with Crippen LogP contribution in [-0.2, 0) is 27.2 Å².